The molecule has 1 aliphatic rings. The average molecular weight is 414 g/mol. The smallest absolute Gasteiger partial charge is 0.161 e. The second-order valence-corrected chi connectivity index (χ2v) is 8.21. The molecule has 1 fully saturated rings. The normalized spacial score (nSPS) is 16.6. The Balaban J connectivity index is 1.53. The molecule has 6 heteroatoms. The lowest BCUT2D eigenvalue weighted by molar-refractivity contribution is 0.0497. The Bertz CT molecular complexity index is 764. The van der Waals surface area contributed by atoms with E-state index in [0.29, 0.717) is 18.0 Å². The van der Waals surface area contributed by atoms with Gasteiger partial charge in [-0.1, -0.05) is 36.4 Å². The van der Waals surface area contributed by atoms with Crippen LogP contribution in [0.25, 0.3) is 0 Å². The third-order valence-corrected chi connectivity index (χ3v) is 5.47. The first-order valence-corrected chi connectivity index (χ1v) is 10.6. The first-order chi connectivity index (χ1) is 14.5. The fourth-order valence-corrected chi connectivity index (χ4v) is 3.76. The van der Waals surface area contributed by atoms with E-state index in [2.05, 4.69) is 59.1 Å². The van der Waals surface area contributed by atoms with Gasteiger partial charge in [-0.2, -0.15) is 0 Å². The molecule has 1 heterocycles. The molecule has 6 nitrogen and oxygen atoms in total. The molecule has 1 N–H and O–H groups in total. The zero-order chi connectivity index (χ0) is 21.3. The van der Waals surface area contributed by atoms with Gasteiger partial charge in [-0.25, -0.2) is 0 Å². The summed E-state index contributed by atoms with van der Waals surface area (Å²) in [5, 5.41) is 10.4. The molecule has 0 bridgehead atoms. The Hall–Kier alpha value is -2.12. The molecule has 1 aliphatic heterocycles. The van der Waals surface area contributed by atoms with Crippen molar-refractivity contribution in [3.8, 4) is 11.5 Å². The van der Waals surface area contributed by atoms with Gasteiger partial charge in [0.25, 0.3) is 0 Å². The second-order valence-electron chi connectivity index (χ2n) is 8.21. The summed E-state index contributed by atoms with van der Waals surface area (Å²) in [5.74, 6) is 1.37. The van der Waals surface area contributed by atoms with Crippen LogP contribution >= 0.6 is 0 Å². The van der Waals surface area contributed by atoms with E-state index < -0.39 is 6.10 Å². The molecule has 2 aromatic carbocycles. The number of hydrogen-bond acceptors (Lipinski definition) is 6. The molecule has 2 aromatic rings. The van der Waals surface area contributed by atoms with E-state index in [4.69, 9.17) is 9.47 Å². The number of likely N-dealkylation sites (N-methyl/N-ethyl adjacent to an activating group) is 1. The molecule has 1 saturated heterocycles. The topological polar surface area (TPSA) is 48.4 Å². The molecule has 0 aliphatic carbocycles. The molecule has 30 heavy (non-hydrogen) atoms. The molecule has 0 spiro atoms. The van der Waals surface area contributed by atoms with E-state index in [-0.39, 0.29) is 6.61 Å². The second kappa shape index (κ2) is 11.3. The van der Waals surface area contributed by atoms with E-state index in [9.17, 15) is 5.11 Å². The minimum absolute atomic E-state index is 0.256. The molecule has 3 rings (SSSR count). The molecular weight excluding hydrogens is 378 g/mol. The van der Waals surface area contributed by atoms with Gasteiger partial charge >= 0.3 is 0 Å². The number of β-amino-alcohol motifs (C(OH)–C–C–N with tert-alkyl or cyclic N) is 1. The molecule has 0 aromatic heterocycles. The maximum absolute atomic E-state index is 10.4. The van der Waals surface area contributed by atoms with Gasteiger partial charge in [0, 0.05) is 45.8 Å². The highest BCUT2D eigenvalue weighted by Crippen LogP contribution is 2.29. The van der Waals surface area contributed by atoms with Crippen LogP contribution in [0.1, 0.15) is 11.1 Å². The third kappa shape index (κ3) is 6.99. The lowest BCUT2D eigenvalue weighted by Crippen LogP contribution is -2.47. The number of methoxy groups -OCH3 is 1. The van der Waals surface area contributed by atoms with E-state index in [1.807, 2.05) is 18.2 Å². The summed E-state index contributed by atoms with van der Waals surface area (Å²) in [4.78, 5) is 6.87. The zero-order valence-corrected chi connectivity index (χ0v) is 18.5. The third-order valence-electron chi connectivity index (χ3n) is 5.47. The maximum atomic E-state index is 10.4. The SMILES string of the molecule is COc1ccc(CN(C)Cc2ccccc2)cc1OCC(O)CN1CCN(C)CC1. The first kappa shape index (κ1) is 22.6. The lowest BCUT2D eigenvalue weighted by atomic mass is 10.1. The summed E-state index contributed by atoms with van der Waals surface area (Å²) in [6, 6.07) is 16.5. The molecule has 0 radical (unpaired) electrons. The molecular formula is C24H35N3O3. The number of benzene rings is 2. The predicted octanol–water partition coefficient (Wildman–Crippen LogP) is 2.31. The van der Waals surface area contributed by atoms with Gasteiger partial charge in [0.1, 0.15) is 12.7 Å². The Morgan fingerprint density at radius 1 is 0.967 bits per heavy atom. The van der Waals surface area contributed by atoms with Crippen LogP contribution in [0.2, 0.25) is 0 Å². The number of piperazine rings is 1. The summed E-state index contributed by atoms with van der Waals surface area (Å²) in [6.45, 7) is 6.63. The molecule has 1 atom stereocenters. The summed E-state index contributed by atoms with van der Waals surface area (Å²) < 4.78 is 11.4. The van der Waals surface area contributed by atoms with E-state index >= 15 is 0 Å². The highest BCUT2D eigenvalue weighted by atomic mass is 16.5. The lowest BCUT2D eigenvalue weighted by Gasteiger charge is -2.33. The van der Waals surface area contributed by atoms with Gasteiger partial charge in [-0.05, 0) is 37.4 Å². The number of rotatable bonds is 10. The minimum Gasteiger partial charge on any atom is -0.493 e. The van der Waals surface area contributed by atoms with Crippen molar-refractivity contribution in [3.63, 3.8) is 0 Å². The van der Waals surface area contributed by atoms with Crippen LogP contribution in [0, 0.1) is 0 Å². The van der Waals surface area contributed by atoms with Crippen LogP contribution in [0.3, 0.4) is 0 Å². The fraction of sp³-hybridized carbons (Fsp3) is 0.500. The number of hydrogen-bond donors (Lipinski definition) is 1. The van der Waals surface area contributed by atoms with Gasteiger partial charge in [0.2, 0.25) is 0 Å². The van der Waals surface area contributed by atoms with E-state index in [1.165, 1.54) is 5.56 Å². The van der Waals surface area contributed by atoms with Crippen molar-refractivity contribution in [3.05, 3.63) is 59.7 Å². The molecule has 0 amide bonds. The van der Waals surface area contributed by atoms with Crippen LogP contribution in [0.15, 0.2) is 48.5 Å². The van der Waals surface area contributed by atoms with Gasteiger partial charge in [-0.3, -0.25) is 9.80 Å². The van der Waals surface area contributed by atoms with Gasteiger partial charge < -0.3 is 19.5 Å². The van der Waals surface area contributed by atoms with Crippen LogP contribution < -0.4 is 9.47 Å². The van der Waals surface area contributed by atoms with Crippen molar-refractivity contribution in [2.75, 3.05) is 60.5 Å². The maximum Gasteiger partial charge on any atom is 0.161 e. The number of nitrogens with zero attached hydrogens (tertiary/aromatic N) is 3. The number of aliphatic hydroxyl groups is 1. The largest absolute Gasteiger partial charge is 0.493 e. The summed E-state index contributed by atoms with van der Waals surface area (Å²) >= 11 is 0. The van der Waals surface area contributed by atoms with Crippen molar-refractivity contribution >= 4 is 0 Å². The Labute approximate surface area is 180 Å². The number of aliphatic hydroxyl groups excluding tert-OH is 1. The van der Waals surface area contributed by atoms with Gasteiger partial charge in [-0.15, -0.1) is 0 Å². The van der Waals surface area contributed by atoms with Crippen molar-refractivity contribution in [1.29, 1.82) is 0 Å². The van der Waals surface area contributed by atoms with E-state index in [1.54, 1.807) is 7.11 Å². The highest BCUT2D eigenvalue weighted by Gasteiger charge is 2.18. The fourth-order valence-electron chi connectivity index (χ4n) is 3.76. The Morgan fingerprint density at radius 2 is 1.67 bits per heavy atom. The van der Waals surface area contributed by atoms with Gasteiger partial charge in [0.05, 0.1) is 7.11 Å². The quantitative estimate of drug-likeness (QED) is 0.645. The molecule has 164 valence electrons. The molecule has 0 saturated carbocycles. The van der Waals surface area contributed by atoms with Crippen molar-refractivity contribution in [2.45, 2.75) is 19.2 Å². The average Bonchev–Trinajstić information content (AvgIpc) is 2.74. The minimum atomic E-state index is -0.525. The van der Waals surface area contributed by atoms with Crippen LogP contribution in [0.5, 0.6) is 11.5 Å². The monoisotopic (exact) mass is 413 g/mol. The Morgan fingerprint density at radius 3 is 2.37 bits per heavy atom. The molecule has 1 unspecified atom stereocenters. The van der Waals surface area contributed by atoms with Crippen LogP contribution in [-0.2, 0) is 13.1 Å². The van der Waals surface area contributed by atoms with Crippen LogP contribution in [0.4, 0.5) is 0 Å². The Kier molecular flexibility index (Phi) is 8.51. The van der Waals surface area contributed by atoms with Crippen molar-refractivity contribution < 1.29 is 14.6 Å². The van der Waals surface area contributed by atoms with Crippen molar-refractivity contribution in [1.82, 2.24) is 14.7 Å². The zero-order valence-electron chi connectivity index (χ0n) is 18.5. The summed E-state index contributed by atoms with van der Waals surface area (Å²) in [5.41, 5.74) is 2.44. The standard InChI is InChI=1S/C24H35N3O3/c1-25-11-13-27(14-12-25)18-22(28)19-30-24-15-21(9-10-23(24)29-3)17-26(2)16-20-7-5-4-6-8-20/h4-10,15,22,28H,11-14,16-19H2,1-3H3. The van der Waals surface area contributed by atoms with E-state index in [0.717, 1.165) is 44.8 Å². The van der Waals surface area contributed by atoms with Crippen LogP contribution in [-0.4, -0.2) is 86.4 Å². The van der Waals surface area contributed by atoms with Gasteiger partial charge in [0.15, 0.2) is 11.5 Å². The first-order valence-electron chi connectivity index (χ1n) is 10.6. The summed E-state index contributed by atoms with van der Waals surface area (Å²) in [6.07, 6.45) is -0.525. The van der Waals surface area contributed by atoms with Crippen molar-refractivity contribution in [2.24, 2.45) is 0 Å². The highest BCUT2D eigenvalue weighted by molar-refractivity contribution is 5.43. The summed E-state index contributed by atoms with van der Waals surface area (Å²) in [7, 11) is 5.88. The number of ether oxygens (including phenoxy) is 2. The predicted molar refractivity (Wildman–Crippen MR) is 120 cm³/mol.